The molecule has 1 aliphatic rings. The van der Waals surface area contributed by atoms with Crippen molar-refractivity contribution in [1.82, 2.24) is 10.3 Å². The number of hydrogen-bond donors (Lipinski definition) is 2. The van der Waals surface area contributed by atoms with Crippen molar-refractivity contribution in [2.75, 3.05) is 18.9 Å². The molecule has 0 bridgehead atoms. The molecule has 0 saturated heterocycles. The standard InChI is InChI=1S/C19H19N3O3S/c1-11(13-3-5-15-16(10-13)25-7-6-24-15)21-18(23)9-12-2-4-14-17(8-12)26-19(20)22-14/h2-5,8,10-11H,6-7,9H2,1H3,(H2,20,22)(H,21,23)/t11-/m1/s1. The van der Waals surface area contributed by atoms with E-state index in [2.05, 4.69) is 10.3 Å². The number of nitrogen functional groups attached to an aromatic ring is 1. The van der Waals surface area contributed by atoms with Gasteiger partial charge in [-0.05, 0) is 42.3 Å². The molecule has 1 atom stereocenters. The third-order valence-electron chi connectivity index (χ3n) is 4.28. The Labute approximate surface area is 154 Å². The van der Waals surface area contributed by atoms with Crippen LogP contribution in [0.3, 0.4) is 0 Å². The molecule has 3 aromatic rings. The second-order valence-electron chi connectivity index (χ2n) is 6.22. The predicted molar refractivity (Wildman–Crippen MR) is 102 cm³/mol. The van der Waals surface area contributed by atoms with Crippen molar-refractivity contribution in [1.29, 1.82) is 0 Å². The molecule has 0 aliphatic carbocycles. The summed E-state index contributed by atoms with van der Waals surface area (Å²) >= 11 is 1.43. The van der Waals surface area contributed by atoms with Crippen molar-refractivity contribution in [2.24, 2.45) is 0 Å². The van der Waals surface area contributed by atoms with E-state index in [1.54, 1.807) is 0 Å². The second kappa shape index (κ2) is 6.84. The van der Waals surface area contributed by atoms with Gasteiger partial charge < -0.3 is 20.5 Å². The maximum absolute atomic E-state index is 12.4. The van der Waals surface area contributed by atoms with Gasteiger partial charge in [0, 0.05) is 0 Å². The number of rotatable bonds is 4. The summed E-state index contributed by atoms with van der Waals surface area (Å²) < 4.78 is 12.1. The summed E-state index contributed by atoms with van der Waals surface area (Å²) in [6, 6.07) is 11.4. The highest BCUT2D eigenvalue weighted by molar-refractivity contribution is 7.22. The number of fused-ring (bicyclic) bond motifs is 2. The number of hydrogen-bond acceptors (Lipinski definition) is 6. The molecule has 1 amide bonds. The normalized spacial score (nSPS) is 14.2. The molecule has 1 aromatic heterocycles. The molecule has 7 heteroatoms. The molecule has 0 spiro atoms. The van der Waals surface area contributed by atoms with Crippen molar-refractivity contribution >= 4 is 32.6 Å². The highest BCUT2D eigenvalue weighted by Crippen LogP contribution is 2.32. The number of thiazole rings is 1. The number of benzene rings is 2. The van der Waals surface area contributed by atoms with Crippen molar-refractivity contribution in [3.63, 3.8) is 0 Å². The fourth-order valence-electron chi connectivity index (χ4n) is 2.99. The number of carbonyl (C=O) groups is 1. The Morgan fingerprint density at radius 1 is 1.23 bits per heavy atom. The van der Waals surface area contributed by atoms with Gasteiger partial charge in [-0.2, -0.15) is 0 Å². The van der Waals surface area contributed by atoms with E-state index in [0.29, 0.717) is 24.8 Å². The number of amides is 1. The van der Waals surface area contributed by atoms with Gasteiger partial charge in [0.2, 0.25) is 5.91 Å². The number of nitrogens with two attached hydrogens (primary N) is 1. The molecule has 134 valence electrons. The van der Waals surface area contributed by atoms with Crippen molar-refractivity contribution in [2.45, 2.75) is 19.4 Å². The Morgan fingerprint density at radius 2 is 2.04 bits per heavy atom. The minimum Gasteiger partial charge on any atom is -0.486 e. The molecule has 26 heavy (non-hydrogen) atoms. The average Bonchev–Trinajstić information content (AvgIpc) is 3.00. The molecule has 0 fully saturated rings. The number of anilines is 1. The van der Waals surface area contributed by atoms with Crippen molar-refractivity contribution < 1.29 is 14.3 Å². The highest BCUT2D eigenvalue weighted by Gasteiger charge is 2.16. The lowest BCUT2D eigenvalue weighted by atomic mass is 10.1. The predicted octanol–water partition coefficient (Wildman–Crippen LogP) is 3.07. The maximum Gasteiger partial charge on any atom is 0.224 e. The summed E-state index contributed by atoms with van der Waals surface area (Å²) in [4.78, 5) is 16.7. The first-order valence-corrected chi connectivity index (χ1v) is 9.24. The van der Waals surface area contributed by atoms with E-state index in [4.69, 9.17) is 15.2 Å². The molecule has 0 saturated carbocycles. The Hall–Kier alpha value is -2.80. The van der Waals surface area contributed by atoms with Crippen LogP contribution < -0.4 is 20.5 Å². The minimum absolute atomic E-state index is 0.0378. The molecule has 6 nitrogen and oxygen atoms in total. The number of ether oxygens (including phenoxy) is 2. The van der Waals surface area contributed by atoms with E-state index in [9.17, 15) is 4.79 Å². The van der Waals surface area contributed by atoms with Crippen LogP contribution in [-0.4, -0.2) is 24.1 Å². The fraction of sp³-hybridized carbons (Fsp3) is 0.263. The van der Waals surface area contributed by atoms with Crippen LogP contribution in [0.1, 0.15) is 24.1 Å². The average molecular weight is 369 g/mol. The van der Waals surface area contributed by atoms with Crippen molar-refractivity contribution in [3.8, 4) is 11.5 Å². The van der Waals surface area contributed by atoms with Crippen LogP contribution in [0, 0.1) is 0 Å². The summed E-state index contributed by atoms with van der Waals surface area (Å²) in [5, 5.41) is 3.57. The molecule has 2 heterocycles. The zero-order valence-electron chi connectivity index (χ0n) is 14.3. The van der Waals surface area contributed by atoms with E-state index < -0.39 is 0 Å². The molecule has 3 N–H and O–H groups in total. The zero-order valence-corrected chi connectivity index (χ0v) is 15.1. The van der Waals surface area contributed by atoms with Gasteiger partial charge in [-0.25, -0.2) is 4.98 Å². The zero-order chi connectivity index (χ0) is 18.1. The number of nitrogens with one attached hydrogen (secondary N) is 1. The summed E-state index contributed by atoms with van der Waals surface area (Å²) in [5.41, 5.74) is 8.51. The van der Waals surface area contributed by atoms with Gasteiger partial charge in [-0.15, -0.1) is 0 Å². The van der Waals surface area contributed by atoms with E-state index in [-0.39, 0.29) is 11.9 Å². The van der Waals surface area contributed by atoms with Crippen LogP contribution in [0.5, 0.6) is 11.5 Å². The molecule has 0 unspecified atom stereocenters. The lowest BCUT2D eigenvalue weighted by Gasteiger charge is -2.21. The summed E-state index contributed by atoms with van der Waals surface area (Å²) in [6.07, 6.45) is 0.308. The van der Waals surface area contributed by atoms with Crippen LogP contribution >= 0.6 is 11.3 Å². The third kappa shape index (κ3) is 3.43. The summed E-state index contributed by atoms with van der Waals surface area (Å²) in [7, 11) is 0. The smallest absolute Gasteiger partial charge is 0.224 e. The lowest BCUT2D eigenvalue weighted by Crippen LogP contribution is -2.28. The topological polar surface area (TPSA) is 86.5 Å². The first-order valence-electron chi connectivity index (χ1n) is 8.42. The van der Waals surface area contributed by atoms with E-state index in [1.807, 2.05) is 43.3 Å². The van der Waals surface area contributed by atoms with Gasteiger partial charge in [0.15, 0.2) is 16.6 Å². The van der Waals surface area contributed by atoms with Gasteiger partial charge in [-0.1, -0.05) is 23.5 Å². The van der Waals surface area contributed by atoms with Crippen LogP contribution in [0.15, 0.2) is 36.4 Å². The second-order valence-corrected chi connectivity index (χ2v) is 7.29. The molecule has 1 aliphatic heterocycles. The minimum atomic E-state index is -0.124. The fourth-order valence-corrected chi connectivity index (χ4v) is 3.79. The Bertz CT molecular complexity index is 970. The van der Waals surface area contributed by atoms with Crippen LogP contribution in [0.4, 0.5) is 5.13 Å². The highest BCUT2D eigenvalue weighted by atomic mass is 32.1. The van der Waals surface area contributed by atoms with Gasteiger partial charge >= 0.3 is 0 Å². The molecular weight excluding hydrogens is 350 g/mol. The molecular formula is C19H19N3O3S. The van der Waals surface area contributed by atoms with Gasteiger partial charge in [0.25, 0.3) is 0 Å². The largest absolute Gasteiger partial charge is 0.486 e. The SMILES string of the molecule is C[C@@H](NC(=O)Cc1ccc2nc(N)sc2c1)c1ccc2c(c1)OCCO2. The van der Waals surface area contributed by atoms with E-state index >= 15 is 0 Å². The van der Waals surface area contributed by atoms with Crippen LogP contribution in [0.25, 0.3) is 10.2 Å². The van der Waals surface area contributed by atoms with E-state index in [1.165, 1.54) is 11.3 Å². The Balaban J connectivity index is 1.43. The molecule has 2 aromatic carbocycles. The summed E-state index contributed by atoms with van der Waals surface area (Å²) in [6.45, 7) is 3.06. The molecule has 4 rings (SSSR count). The maximum atomic E-state index is 12.4. The number of carbonyl (C=O) groups excluding carboxylic acids is 1. The summed E-state index contributed by atoms with van der Waals surface area (Å²) in [5.74, 6) is 1.43. The number of nitrogens with zero attached hydrogens (tertiary/aromatic N) is 1. The number of aromatic nitrogens is 1. The van der Waals surface area contributed by atoms with Gasteiger partial charge in [0.05, 0.1) is 22.7 Å². The quantitative estimate of drug-likeness (QED) is 0.738. The van der Waals surface area contributed by atoms with Crippen LogP contribution in [-0.2, 0) is 11.2 Å². The van der Waals surface area contributed by atoms with Crippen LogP contribution in [0.2, 0.25) is 0 Å². The van der Waals surface area contributed by atoms with Gasteiger partial charge in [0.1, 0.15) is 13.2 Å². The van der Waals surface area contributed by atoms with Gasteiger partial charge in [-0.3, -0.25) is 4.79 Å². The Morgan fingerprint density at radius 3 is 2.88 bits per heavy atom. The van der Waals surface area contributed by atoms with Crippen molar-refractivity contribution in [3.05, 3.63) is 47.5 Å². The lowest BCUT2D eigenvalue weighted by molar-refractivity contribution is -0.121. The first-order chi connectivity index (χ1) is 12.6. The monoisotopic (exact) mass is 369 g/mol. The first kappa shape index (κ1) is 16.7. The van der Waals surface area contributed by atoms with E-state index in [0.717, 1.165) is 32.8 Å². The third-order valence-corrected chi connectivity index (χ3v) is 5.13. The Kier molecular flexibility index (Phi) is 4.38. The molecule has 0 radical (unpaired) electrons.